The number of aryl methyl sites for hydroxylation is 4. The van der Waals surface area contributed by atoms with Gasteiger partial charge in [0.2, 0.25) is 5.69 Å². The predicted molar refractivity (Wildman–Crippen MR) is 311 cm³/mol. The molecule has 0 aliphatic heterocycles. The van der Waals surface area contributed by atoms with E-state index in [1.54, 1.807) is 24.3 Å². The molecule has 362 valence electrons. The lowest BCUT2D eigenvalue weighted by molar-refractivity contribution is 0.629. The van der Waals surface area contributed by atoms with Crippen LogP contribution in [0.5, 0.6) is 0 Å². The highest BCUT2D eigenvalue weighted by molar-refractivity contribution is 6.28. The van der Waals surface area contributed by atoms with Crippen LogP contribution >= 0.6 is 0 Å². The molecule has 0 aliphatic rings. The van der Waals surface area contributed by atoms with Crippen LogP contribution in [-0.2, 0) is 0 Å². The average Bonchev–Trinajstić information content (AvgIpc) is 3.45. The van der Waals surface area contributed by atoms with Crippen molar-refractivity contribution in [1.82, 2.24) is 0 Å². The van der Waals surface area contributed by atoms with E-state index in [0.717, 1.165) is 88.0 Å². The van der Waals surface area contributed by atoms with Crippen LogP contribution < -0.4 is 9.80 Å². The molecule has 12 aromatic carbocycles. The SMILES string of the molecule is [C-]#[N+]c1ccccc1N(c1c(F)cc(-c2cccc(C)c2)cc1-c1cccc(C)c1)c1ccc2ccc3c(N(c4ccccc4C#N)c4c(F)cc(-c5cccc(C)c5)cc4-c4cccc(C)c4)ccc4ccc1c2c43. The molecule has 0 saturated heterocycles. The molecule has 0 heterocycles. The highest BCUT2D eigenvalue weighted by Gasteiger charge is 2.30. The van der Waals surface area contributed by atoms with E-state index in [2.05, 4.69) is 83.7 Å². The number of nitrogens with zero attached hydrogens (tertiary/aromatic N) is 4. The van der Waals surface area contributed by atoms with E-state index in [1.807, 2.05) is 159 Å². The van der Waals surface area contributed by atoms with E-state index in [9.17, 15) is 5.26 Å². The van der Waals surface area contributed by atoms with Gasteiger partial charge in [0.15, 0.2) is 0 Å². The number of hydrogen-bond acceptors (Lipinski definition) is 3. The van der Waals surface area contributed by atoms with Gasteiger partial charge in [-0.05, 0) is 137 Å². The first-order valence-corrected chi connectivity index (χ1v) is 25.3. The fraction of sp³-hybridized carbons (Fsp3) is 0.0571. The number of rotatable bonds is 10. The molecule has 0 amide bonds. The lowest BCUT2D eigenvalue weighted by Gasteiger charge is -2.32. The summed E-state index contributed by atoms with van der Waals surface area (Å²) in [5.41, 5.74) is 14.1. The van der Waals surface area contributed by atoms with Crippen LogP contribution in [0.2, 0.25) is 0 Å². The van der Waals surface area contributed by atoms with Crippen molar-refractivity contribution in [1.29, 1.82) is 5.26 Å². The minimum atomic E-state index is -0.454. The summed E-state index contributed by atoms with van der Waals surface area (Å²) >= 11 is 0. The molecule has 0 radical (unpaired) electrons. The standard InChI is InChI=1S/C70H48F2N4/c1-43-14-10-19-49(34-43)54-38-58(51-21-12-16-45(3)36-51)69(60(71)40-54)75(63-24-8-6-18-53(63)42-73)64-32-28-47-27-31-57-65(33-29-48-26-30-56(64)67(47)68(48)57)76(66-25-9-7-23-62(66)74-5)70-59(52-22-13-17-46(4)37-52)39-55(41-61(70)72)50-20-11-15-44(2)35-50/h6-41H,1-4H3. The Morgan fingerprint density at radius 1 is 0.395 bits per heavy atom. The summed E-state index contributed by atoms with van der Waals surface area (Å²) in [6, 6.07) is 73.3. The van der Waals surface area contributed by atoms with E-state index in [1.165, 1.54) is 0 Å². The fourth-order valence-corrected chi connectivity index (χ4v) is 11.1. The zero-order valence-corrected chi connectivity index (χ0v) is 42.3. The van der Waals surface area contributed by atoms with Gasteiger partial charge in [0.05, 0.1) is 46.3 Å². The van der Waals surface area contributed by atoms with Crippen molar-refractivity contribution < 1.29 is 8.78 Å². The van der Waals surface area contributed by atoms with E-state index in [-0.39, 0.29) is 0 Å². The monoisotopic (exact) mass is 982 g/mol. The summed E-state index contributed by atoms with van der Waals surface area (Å²) in [5.74, 6) is -0.903. The van der Waals surface area contributed by atoms with E-state index in [0.29, 0.717) is 56.5 Å². The van der Waals surface area contributed by atoms with Crippen molar-refractivity contribution in [2.75, 3.05) is 9.80 Å². The second-order valence-electron chi connectivity index (χ2n) is 19.7. The van der Waals surface area contributed by atoms with E-state index < -0.39 is 11.6 Å². The Bertz CT molecular complexity index is 4090. The first-order valence-electron chi connectivity index (χ1n) is 25.3. The van der Waals surface area contributed by atoms with Crippen LogP contribution in [0.25, 0.3) is 81.7 Å². The molecule has 0 atom stereocenters. The molecule has 0 aliphatic carbocycles. The van der Waals surface area contributed by atoms with Gasteiger partial charge in [-0.25, -0.2) is 13.6 Å². The Hall–Kier alpha value is -9.88. The number of halogens is 2. The third kappa shape index (κ3) is 8.24. The molecule has 0 aromatic heterocycles. The van der Waals surface area contributed by atoms with Crippen LogP contribution in [0.1, 0.15) is 27.8 Å². The Morgan fingerprint density at radius 2 is 0.803 bits per heavy atom. The lowest BCUT2D eigenvalue weighted by atomic mass is 9.90. The summed E-state index contributed by atoms with van der Waals surface area (Å²) in [7, 11) is 0. The smallest absolute Gasteiger partial charge is 0.210 e. The quantitative estimate of drug-likeness (QED) is 0.101. The average molecular weight is 983 g/mol. The number of para-hydroxylation sites is 3. The van der Waals surface area contributed by atoms with E-state index >= 15 is 8.78 Å². The molecule has 12 rings (SSSR count). The van der Waals surface area contributed by atoms with Crippen molar-refractivity contribution in [3.63, 3.8) is 0 Å². The minimum absolute atomic E-state index is 0.301. The van der Waals surface area contributed by atoms with Crippen LogP contribution in [0.3, 0.4) is 0 Å². The predicted octanol–water partition coefficient (Wildman–Crippen LogP) is 20.1. The maximum Gasteiger partial charge on any atom is 0.210 e. The van der Waals surface area contributed by atoms with Crippen molar-refractivity contribution in [3.8, 4) is 50.6 Å². The van der Waals surface area contributed by atoms with Crippen LogP contribution in [-0.4, -0.2) is 0 Å². The van der Waals surface area contributed by atoms with Gasteiger partial charge in [0.1, 0.15) is 17.7 Å². The normalized spacial score (nSPS) is 11.3. The Labute approximate surface area is 441 Å². The second kappa shape index (κ2) is 19.2. The largest absolute Gasteiger partial charge is 0.317 e. The van der Waals surface area contributed by atoms with E-state index in [4.69, 9.17) is 6.57 Å². The van der Waals surface area contributed by atoms with Gasteiger partial charge in [0.25, 0.3) is 0 Å². The third-order valence-electron chi connectivity index (χ3n) is 14.5. The van der Waals surface area contributed by atoms with Crippen molar-refractivity contribution in [2.45, 2.75) is 27.7 Å². The topological polar surface area (TPSA) is 34.6 Å². The van der Waals surface area contributed by atoms with Gasteiger partial charge >= 0.3 is 0 Å². The minimum Gasteiger partial charge on any atom is -0.317 e. The first-order chi connectivity index (χ1) is 37.1. The summed E-state index contributed by atoms with van der Waals surface area (Å²) < 4.78 is 36.1. The molecule has 4 nitrogen and oxygen atoms in total. The third-order valence-corrected chi connectivity index (χ3v) is 14.5. The zero-order valence-electron chi connectivity index (χ0n) is 42.3. The van der Waals surface area contributed by atoms with Crippen LogP contribution in [0.4, 0.5) is 48.6 Å². The molecule has 0 N–H and O–H groups in total. The summed E-state index contributed by atoms with van der Waals surface area (Å²) in [6.07, 6.45) is 0. The molecule has 0 fully saturated rings. The van der Waals surface area contributed by atoms with Gasteiger partial charge in [-0.1, -0.05) is 186 Å². The number of hydrogen-bond donors (Lipinski definition) is 0. The Morgan fingerprint density at radius 3 is 1.26 bits per heavy atom. The van der Waals surface area contributed by atoms with Crippen molar-refractivity contribution in [2.24, 2.45) is 0 Å². The highest BCUT2D eigenvalue weighted by Crippen LogP contribution is 2.53. The summed E-state index contributed by atoms with van der Waals surface area (Å²) in [4.78, 5) is 7.85. The molecular formula is C70H48F2N4. The second-order valence-corrected chi connectivity index (χ2v) is 19.7. The number of nitriles is 1. The Balaban J connectivity index is 1.15. The van der Waals surface area contributed by atoms with Crippen molar-refractivity contribution in [3.05, 3.63) is 269 Å². The van der Waals surface area contributed by atoms with Crippen LogP contribution in [0, 0.1) is 57.2 Å². The van der Waals surface area contributed by atoms with Gasteiger partial charge < -0.3 is 9.80 Å². The Kier molecular flexibility index (Phi) is 11.9. The molecule has 0 saturated carbocycles. The molecule has 12 aromatic rings. The molecule has 0 bridgehead atoms. The molecular weight excluding hydrogens is 935 g/mol. The van der Waals surface area contributed by atoms with Gasteiger partial charge in [-0.3, -0.25) is 0 Å². The highest BCUT2D eigenvalue weighted by atomic mass is 19.1. The molecule has 76 heavy (non-hydrogen) atoms. The van der Waals surface area contributed by atoms with Crippen LogP contribution in [0.15, 0.2) is 218 Å². The summed E-state index contributed by atoms with van der Waals surface area (Å²) in [5, 5.41) is 16.2. The number of benzene rings is 12. The number of anilines is 6. The van der Waals surface area contributed by atoms with Gasteiger partial charge in [-0.2, -0.15) is 5.26 Å². The maximum atomic E-state index is 18.0. The van der Waals surface area contributed by atoms with Gasteiger partial charge in [0, 0.05) is 21.9 Å². The first kappa shape index (κ1) is 47.1. The van der Waals surface area contributed by atoms with Crippen molar-refractivity contribution >= 4 is 72.1 Å². The fourth-order valence-electron chi connectivity index (χ4n) is 11.1. The molecule has 0 spiro atoms. The summed E-state index contributed by atoms with van der Waals surface area (Å²) in [6.45, 7) is 16.6. The lowest BCUT2D eigenvalue weighted by Crippen LogP contribution is -2.15. The zero-order chi connectivity index (χ0) is 52.2. The maximum absolute atomic E-state index is 18.0. The van der Waals surface area contributed by atoms with Gasteiger partial charge in [-0.15, -0.1) is 0 Å². The molecule has 0 unspecified atom stereocenters. The molecule has 6 heteroatoms.